The Balaban J connectivity index is 1.66. The van der Waals surface area contributed by atoms with Gasteiger partial charge in [0.2, 0.25) is 5.91 Å². The fourth-order valence-electron chi connectivity index (χ4n) is 3.72. The molecule has 0 unspecified atom stereocenters. The molecule has 2 aromatic rings. The van der Waals surface area contributed by atoms with Crippen LogP contribution < -0.4 is 15.4 Å². The van der Waals surface area contributed by atoms with E-state index in [1.165, 1.54) is 5.56 Å². The molecule has 1 heterocycles. The number of nitrogens with zero attached hydrogens (tertiary/aromatic N) is 1. The van der Waals surface area contributed by atoms with Gasteiger partial charge in [-0.15, -0.1) is 0 Å². The minimum atomic E-state index is -1.15. The molecule has 2 atom stereocenters. The highest BCUT2D eigenvalue weighted by Gasteiger charge is 2.48. The number of carbonyl (C=O) groups is 3. The van der Waals surface area contributed by atoms with Gasteiger partial charge in [-0.2, -0.15) is 0 Å². The Morgan fingerprint density at radius 2 is 1.84 bits per heavy atom. The second-order valence-electron chi connectivity index (χ2n) is 8.12. The molecule has 164 valence electrons. The van der Waals surface area contributed by atoms with Gasteiger partial charge in [0.25, 0.3) is 5.91 Å². The maximum atomic E-state index is 13.0. The van der Waals surface area contributed by atoms with Crippen molar-refractivity contribution in [2.24, 2.45) is 0 Å². The highest BCUT2D eigenvalue weighted by atomic mass is 16.5. The summed E-state index contributed by atoms with van der Waals surface area (Å²) in [6, 6.07) is 14.4. The number of carbonyl (C=O) groups excluding carboxylic acids is 3. The molecule has 2 N–H and O–H groups in total. The zero-order chi connectivity index (χ0) is 22.6. The smallest absolute Gasteiger partial charge is 0.325 e. The molecule has 1 fully saturated rings. The third-order valence-electron chi connectivity index (χ3n) is 5.76. The quantitative estimate of drug-likeness (QED) is 0.634. The predicted octanol–water partition coefficient (Wildman–Crippen LogP) is 3.70. The van der Waals surface area contributed by atoms with Crippen molar-refractivity contribution in [2.75, 3.05) is 19.0 Å². The van der Waals surface area contributed by atoms with Gasteiger partial charge in [0.15, 0.2) is 0 Å². The third kappa shape index (κ3) is 4.87. The number of rotatable bonds is 8. The van der Waals surface area contributed by atoms with Crippen molar-refractivity contribution < 1.29 is 19.1 Å². The number of methoxy groups -OCH3 is 1. The van der Waals surface area contributed by atoms with Crippen LogP contribution in [0.5, 0.6) is 5.75 Å². The molecule has 1 aliphatic rings. The summed E-state index contributed by atoms with van der Waals surface area (Å²) in [4.78, 5) is 38.9. The van der Waals surface area contributed by atoms with E-state index in [1.807, 2.05) is 42.5 Å². The summed E-state index contributed by atoms with van der Waals surface area (Å²) in [6.45, 7) is 5.58. The van der Waals surface area contributed by atoms with Crippen molar-refractivity contribution >= 4 is 23.5 Å². The number of hydrogen-bond donors (Lipinski definition) is 2. The number of ether oxygens (including phenoxy) is 1. The van der Waals surface area contributed by atoms with Crippen molar-refractivity contribution in [1.29, 1.82) is 0 Å². The molecule has 0 radical (unpaired) electrons. The molecule has 0 bridgehead atoms. The Morgan fingerprint density at radius 3 is 2.48 bits per heavy atom. The average molecular weight is 424 g/mol. The number of benzene rings is 2. The van der Waals surface area contributed by atoms with Crippen LogP contribution in [0.3, 0.4) is 0 Å². The predicted molar refractivity (Wildman–Crippen MR) is 119 cm³/mol. The summed E-state index contributed by atoms with van der Waals surface area (Å²) < 4.78 is 5.35. The highest BCUT2D eigenvalue weighted by molar-refractivity contribution is 6.10. The number of hydrogen-bond acceptors (Lipinski definition) is 4. The van der Waals surface area contributed by atoms with Crippen LogP contribution >= 0.6 is 0 Å². The fraction of sp³-hybridized carbons (Fsp3) is 0.375. The van der Waals surface area contributed by atoms with Crippen LogP contribution in [0.1, 0.15) is 44.2 Å². The maximum Gasteiger partial charge on any atom is 0.325 e. The van der Waals surface area contributed by atoms with Crippen LogP contribution in [0.15, 0.2) is 48.5 Å². The van der Waals surface area contributed by atoms with Crippen molar-refractivity contribution in [2.45, 2.75) is 45.1 Å². The van der Waals surface area contributed by atoms with Gasteiger partial charge in [-0.3, -0.25) is 14.5 Å². The number of urea groups is 1. The molecule has 0 spiro atoms. The molecule has 3 rings (SSSR count). The maximum absolute atomic E-state index is 13.0. The molecule has 31 heavy (non-hydrogen) atoms. The Morgan fingerprint density at radius 1 is 1.16 bits per heavy atom. The molecular weight excluding hydrogens is 394 g/mol. The highest BCUT2D eigenvalue weighted by Crippen LogP contribution is 2.27. The second kappa shape index (κ2) is 9.20. The largest absolute Gasteiger partial charge is 0.496 e. The van der Waals surface area contributed by atoms with E-state index in [4.69, 9.17) is 4.74 Å². The minimum Gasteiger partial charge on any atom is -0.496 e. The van der Waals surface area contributed by atoms with Crippen molar-refractivity contribution in [3.05, 3.63) is 59.7 Å². The Hall–Kier alpha value is -3.35. The number of amides is 4. The van der Waals surface area contributed by atoms with Gasteiger partial charge >= 0.3 is 6.03 Å². The van der Waals surface area contributed by atoms with E-state index in [-0.39, 0.29) is 13.0 Å². The number of anilines is 1. The van der Waals surface area contributed by atoms with E-state index in [2.05, 4.69) is 24.5 Å². The monoisotopic (exact) mass is 423 g/mol. The first-order chi connectivity index (χ1) is 14.8. The Kier molecular flexibility index (Phi) is 6.63. The van der Waals surface area contributed by atoms with Gasteiger partial charge in [0.05, 0.1) is 7.11 Å². The summed E-state index contributed by atoms with van der Waals surface area (Å²) in [5.74, 6) is 0.214. The molecule has 0 aromatic heterocycles. The van der Waals surface area contributed by atoms with Gasteiger partial charge in [-0.05, 0) is 48.6 Å². The lowest BCUT2D eigenvalue weighted by molar-refractivity contribution is -0.133. The molecule has 2 aromatic carbocycles. The molecule has 1 aliphatic heterocycles. The van der Waals surface area contributed by atoms with E-state index < -0.39 is 23.4 Å². The lowest BCUT2D eigenvalue weighted by Crippen LogP contribution is -2.46. The van der Waals surface area contributed by atoms with E-state index in [9.17, 15) is 14.4 Å². The minimum absolute atomic E-state index is 0.261. The van der Waals surface area contributed by atoms with Crippen LogP contribution in [-0.2, 0) is 16.0 Å². The first kappa shape index (κ1) is 22.3. The van der Waals surface area contributed by atoms with E-state index >= 15 is 0 Å². The SMILES string of the molecule is CC[C@@H](C)c1ccc(NC(=O)CN2C(=O)N[C@](C)(Cc3ccccc3OC)C2=O)cc1. The second-order valence-corrected chi connectivity index (χ2v) is 8.12. The van der Waals surface area contributed by atoms with Crippen LogP contribution in [0.2, 0.25) is 0 Å². The average Bonchev–Trinajstić information content (AvgIpc) is 2.96. The molecule has 7 heteroatoms. The lowest BCUT2D eigenvalue weighted by atomic mass is 9.92. The topological polar surface area (TPSA) is 87.7 Å². The summed E-state index contributed by atoms with van der Waals surface area (Å²) in [5.41, 5.74) is 1.47. The van der Waals surface area contributed by atoms with E-state index in [1.54, 1.807) is 20.1 Å². The standard InChI is InChI=1S/C24H29N3O4/c1-5-16(2)17-10-12-19(13-11-17)25-21(28)15-27-22(29)24(3,26-23(27)30)14-18-8-6-7-9-20(18)31-4/h6-13,16H,5,14-15H2,1-4H3,(H,25,28)(H,26,30)/t16-,24-/m1/s1. The van der Waals surface area contributed by atoms with Gasteiger partial charge in [0, 0.05) is 12.1 Å². The summed E-state index contributed by atoms with van der Waals surface area (Å²) in [6.07, 6.45) is 1.29. The third-order valence-corrected chi connectivity index (χ3v) is 5.76. The normalized spacial score (nSPS) is 19.2. The fourth-order valence-corrected chi connectivity index (χ4v) is 3.72. The van der Waals surface area contributed by atoms with Crippen molar-refractivity contribution in [1.82, 2.24) is 10.2 Å². The van der Waals surface area contributed by atoms with Crippen LogP contribution in [0.25, 0.3) is 0 Å². The van der Waals surface area contributed by atoms with E-state index in [0.29, 0.717) is 17.4 Å². The Bertz CT molecular complexity index is 973. The number of imide groups is 1. The van der Waals surface area contributed by atoms with Crippen LogP contribution in [0.4, 0.5) is 10.5 Å². The lowest BCUT2D eigenvalue weighted by Gasteiger charge is -2.22. The van der Waals surface area contributed by atoms with Crippen molar-refractivity contribution in [3.8, 4) is 5.75 Å². The van der Waals surface area contributed by atoms with Crippen molar-refractivity contribution in [3.63, 3.8) is 0 Å². The Labute approximate surface area is 182 Å². The van der Waals surface area contributed by atoms with Gasteiger partial charge < -0.3 is 15.4 Å². The summed E-state index contributed by atoms with van der Waals surface area (Å²) in [5, 5.41) is 5.48. The molecule has 7 nitrogen and oxygen atoms in total. The van der Waals surface area contributed by atoms with E-state index in [0.717, 1.165) is 16.9 Å². The molecule has 0 aliphatic carbocycles. The summed E-state index contributed by atoms with van der Waals surface area (Å²) >= 11 is 0. The van der Waals surface area contributed by atoms with Gasteiger partial charge in [-0.1, -0.05) is 44.2 Å². The molecule has 4 amide bonds. The molecular formula is C24H29N3O4. The molecule has 0 saturated carbocycles. The van der Waals surface area contributed by atoms with Gasteiger partial charge in [-0.25, -0.2) is 4.79 Å². The zero-order valence-electron chi connectivity index (χ0n) is 18.4. The first-order valence-electron chi connectivity index (χ1n) is 10.4. The molecule has 1 saturated heterocycles. The zero-order valence-corrected chi connectivity index (χ0v) is 18.4. The van der Waals surface area contributed by atoms with Crippen LogP contribution in [0, 0.1) is 0 Å². The van der Waals surface area contributed by atoms with Crippen LogP contribution in [-0.4, -0.2) is 41.9 Å². The first-order valence-corrected chi connectivity index (χ1v) is 10.4. The summed E-state index contributed by atoms with van der Waals surface area (Å²) in [7, 11) is 1.56. The van der Waals surface area contributed by atoms with Gasteiger partial charge in [0.1, 0.15) is 17.8 Å². The number of para-hydroxylation sites is 1. The number of nitrogens with one attached hydrogen (secondary N) is 2.